The molecule has 0 spiro atoms. The first-order valence-electron chi connectivity index (χ1n) is 5.67. The summed E-state index contributed by atoms with van der Waals surface area (Å²) in [5.74, 6) is -0.0733. The number of ether oxygens (including phenoxy) is 1. The van der Waals surface area contributed by atoms with Crippen molar-refractivity contribution in [2.24, 2.45) is 0 Å². The van der Waals surface area contributed by atoms with Gasteiger partial charge >= 0.3 is 5.97 Å². The van der Waals surface area contributed by atoms with E-state index < -0.39 is 5.97 Å². The molecule has 0 bridgehead atoms. The molecule has 3 heteroatoms. The Balaban J connectivity index is 3.20. The highest BCUT2D eigenvalue weighted by Gasteiger charge is 2.15. The van der Waals surface area contributed by atoms with Crippen molar-refractivity contribution in [2.45, 2.75) is 25.7 Å². The number of hydrogen-bond acceptors (Lipinski definition) is 2. The number of hydrogen-bond donors (Lipinski definition) is 1. The monoisotopic (exact) mass is 234 g/mol. The molecule has 0 aliphatic rings. The maximum atomic E-state index is 11.0. The molecule has 1 atom stereocenters. The molecule has 1 rings (SSSR count). The molecule has 1 aromatic carbocycles. The van der Waals surface area contributed by atoms with Gasteiger partial charge in [-0.25, -0.2) is 4.79 Å². The van der Waals surface area contributed by atoms with Gasteiger partial charge in [-0.3, -0.25) is 0 Å². The Kier molecular flexibility index (Phi) is 4.76. The third kappa shape index (κ3) is 3.09. The largest absolute Gasteiger partial charge is 0.496 e. The predicted molar refractivity (Wildman–Crippen MR) is 67.8 cm³/mol. The Morgan fingerprint density at radius 3 is 2.76 bits per heavy atom. The van der Waals surface area contributed by atoms with E-state index in [0.29, 0.717) is 5.75 Å². The molecule has 92 valence electrons. The zero-order valence-electron chi connectivity index (χ0n) is 10.3. The summed E-state index contributed by atoms with van der Waals surface area (Å²) in [4.78, 5) is 11.0. The Morgan fingerprint density at radius 1 is 1.59 bits per heavy atom. The van der Waals surface area contributed by atoms with Gasteiger partial charge < -0.3 is 9.84 Å². The quantitative estimate of drug-likeness (QED) is 0.767. The van der Waals surface area contributed by atoms with Crippen LogP contribution in [0.4, 0.5) is 0 Å². The number of allylic oxidation sites excluding steroid dienone is 1. The minimum atomic E-state index is -0.923. The van der Waals surface area contributed by atoms with Crippen LogP contribution in [0, 0.1) is 0 Å². The highest BCUT2D eigenvalue weighted by atomic mass is 16.5. The second-order valence-corrected chi connectivity index (χ2v) is 3.89. The van der Waals surface area contributed by atoms with Gasteiger partial charge in [0, 0.05) is 11.5 Å². The van der Waals surface area contributed by atoms with Gasteiger partial charge in [0.15, 0.2) is 0 Å². The Morgan fingerprint density at radius 2 is 2.29 bits per heavy atom. The molecule has 0 radical (unpaired) electrons. The molecule has 17 heavy (non-hydrogen) atoms. The van der Waals surface area contributed by atoms with E-state index in [2.05, 4.69) is 13.5 Å². The van der Waals surface area contributed by atoms with E-state index in [0.717, 1.165) is 18.4 Å². The molecule has 0 aliphatic heterocycles. The van der Waals surface area contributed by atoms with E-state index in [1.165, 1.54) is 0 Å². The van der Waals surface area contributed by atoms with Crippen LogP contribution >= 0.6 is 0 Å². The van der Waals surface area contributed by atoms with E-state index in [-0.39, 0.29) is 11.5 Å². The standard InChI is InChI=1S/C14H18O3/c1-4-6-10(5-2)12-9-11(14(15)16)7-8-13(12)17-3/h5,7-10H,2,4,6H2,1,3H3,(H,15,16)/t10-/m0/s1. The number of carboxylic acids is 1. The number of benzene rings is 1. The Bertz CT molecular complexity index is 410. The van der Waals surface area contributed by atoms with E-state index in [1.54, 1.807) is 25.3 Å². The highest BCUT2D eigenvalue weighted by molar-refractivity contribution is 5.88. The molecule has 0 heterocycles. The van der Waals surface area contributed by atoms with Gasteiger partial charge in [-0.05, 0) is 24.6 Å². The Hall–Kier alpha value is -1.77. The topological polar surface area (TPSA) is 46.5 Å². The maximum Gasteiger partial charge on any atom is 0.335 e. The van der Waals surface area contributed by atoms with Crippen LogP contribution in [-0.4, -0.2) is 18.2 Å². The van der Waals surface area contributed by atoms with Crippen molar-refractivity contribution in [1.82, 2.24) is 0 Å². The van der Waals surface area contributed by atoms with Crippen LogP contribution in [0.3, 0.4) is 0 Å². The lowest BCUT2D eigenvalue weighted by Gasteiger charge is -2.16. The molecule has 1 aromatic rings. The second kappa shape index (κ2) is 6.09. The third-order valence-corrected chi connectivity index (χ3v) is 2.76. The SMILES string of the molecule is C=C[C@@H](CCC)c1cc(C(=O)O)ccc1OC. The van der Waals surface area contributed by atoms with E-state index >= 15 is 0 Å². The van der Waals surface area contributed by atoms with Gasteiger partial charge in [0.25, 0.3) is 0 Å². The van der Waals surface area contributed by atoms with Gasteiger partial charge in [-0.1, -0.05) is 19.4 Å². The van der Waals surface area contributed by atoms with E-state index in [4.69, 9.17) is 9.84 Å². The first-order valence-corrected chi connectivity index (χ1v) is 5.67. The predicted octanol–water partition coefficient (Wildman–Crippen LogP) is 3.46. The molecule has 0 unspecified atom stereocenters. The van der Waals surface area contributed by atoms with Gasteiger partial charge in [0.05, 0.1) is 12.7 Å². The van der Waals surface area contributed by atoms with Crippen molar-refractivity contribution >= 4 is 5.97 Å². The summed E-state index contributed by atoms with van der Waals surface area (Å²) in [7, 11) is 1.59. The molecular weight excluding hydrogens is 216 g/mol. The van der Waals surface area contributed by atoms with Crippen molar-refractivity contribution < 1.29 is 14.6 Å². The fraction of sp³-hybridized carbons (Fsp3) is 0.357. The molecular formula is C14H18O3. The molecule has 1 N–H and O–H groups in total. The third-order valence-electron chi connectivity index (χ3n) is 2.76. The fourth-order valence-corrected chi connectivity index (χ4v) is 1.87. The van der Waals surface area contributed by atoms with E-state index in [1.807, 2.05) is 6.08 Å². The smallest absolute Gasteiger partial charge is 0.335 e. The van der Waals surface area contributed by atoms with Crippen LogP contribution in [-0.2, 0) is 0 Å². The normalized spacial score (nSPS) is 11.9. The molecule has 0 aromatic heterocycles. The molecule has 3 nitrogen and oxygen atoms in total. The van der Waals surface area contributed by atoms with Gasteiger partial charge in [-0.15, -0.1) is 6.58 Å². The average molecular weight is 234 g/mol. The average Bonchev–Trinajstić information content (AvgIpc) is 2.35. The number of aromatic carboxylic acids is 1. The summed E-state index contributed by atoms with van der Waals surface area (Å²) in [6.07, 6.45) is 3.78. The minimum Gasteiger partial charge on any atom is -0.496 e. The summed E-state index contributed by atoms with van der Waals surface area (Å²) in [5, 5.41) is 8.99. The Labute approximate surface area is 102 Å². The van der Waals surface area contributed by atoms with Crippen LogP contribution < -0.4 is 4.74 Å². The number of carbonyl (C=O) groups is 1. The highest BCUT2D eigenvalue weighted by Crippen LogP contribution is 2.31. The van der Waals surface area contributed by atoms with Crippen molar-refractivity contribution in [3.05, 3.63) is 42.0 Å². The fourth-order valence-electron chi connectivity index (χ4n) is 1.87. The van der Waals surface area contributed by atoms with Crippen molar-refractivity contribution in [3.63, 3.8) is 0 Å². The molecule has 0 saturated carbocycles. The molecule has 0 aliphatic carbocycles. The summed E-state index contributed by atoms with van der Waals surface area (Å²) >= 11 is 0. The first-order chi connectivity index (χ1) is 8.13. The minimum absolute atomic E-state index is 0.134. The zero-order chi connectivity index (χ0) is 12.8. The lowest BCUT2D eigenvalue weighted by atomic mass is 9.92. The van der Waals surface area contributed by atoms with Crippen LogP contribution in [0.1, 0.15) is 41.6 Å². The van der Waals surface area contributed by atoms with Crippen molar-refractivity contribution in [1.29, 1.82) is 0 Å². The van der Waals surface area contributed by atoms with Gasteiger partial charge in [0.2, 0.25) is 0 Å². The van der Waals surface area contributed by atoms with Crippen LogP contribution in [0.2, 0.25) is 0 Å². The van der Waals surface area contributed by atoms with Gasteiger partial charge in [-0.2, -0.15) is 0 Å². The zero-order valence-corrected chi connectivity index (χ0v) is 10.3. The summed E-state index contributed by atoms with van der Waals surface area (Å²) in [5.41, 5.74) is 1.17. The lowest BCUT2D eigenvalue weighted by molar-refractivity contribution is 0.0696. The first kappa shape index (κ1) is 13.3. The maximum absolute atomic E-state index is 11.0. The number of carboxylic acid groups (broad SMARTS) is 1. The van der Waals surface area contributed by atoms with Crippen molar-refractivity contribution in [2.75, 3.05) is 7.11 Å². The summed E-state index contributed by atoms with van der Waals surface area (Å²) < 4.78 is 5.27. The molecule has 0 saturated heterocycles. The van der Waals surface area contributed by atoms with Crippen molar-refractivity contribution in [3.8, 4) is 5.75 Å². The van der Waals surface area contributed by atoms with Crippen LogP contribution in [0.15, 0.2) is 30.9 Å². The van der Waals surface area contributed by atoms with Crippen LogP contribution in [0.5, 0.6) is 5.75 Å². The lowest BCUT2D eigenvalue weighted by Crippen LogP contribution is -2.03. The molecule has 0 amide bonds. The second-order valence-electron chi connectivity index (χ2n) is 3.89. The van der Waals surface area contributed by atoms with E-state index in [9.17, 15) is 4.79 Å². The molecule has 0 fully saturated rings. The number of methoxy groups -OCH3 is 1. The summed E-state index contributed by atoms with van der Waals surface area (Å²) in [6, 6.07) is 4.92. The van der Waals surface area contributed by atoms with Gasteiger partial charge in [0.1, 0.15) is 5.75 Å². The summed E-state index contributed by atoms with van der Waals surface area (Å²) in [6.45, 7) is 5.89. The number of rotatable bonds is 6. The van der Waals surface area contributed by atoms with Crippen LogP contribution in [0.25, 0.3) is 0 Å².